The lowest BCUT2D eigenvalue weighted by molar-refractivity contribution is -0.144. The zero-order valence-electron chi connectivity index (χ0n) is 14.5. The summed E-state index contributed by atoms with van der Waals surface area (Å²) in [7, 11) is 0. The molecule has 0 atom stereocenters. The van der Waals surface area contributed by atoms with E-state index < -0.39 is 11.9 Å². The molecule has 0 unspecified atom stereocenters. The van der Waals surface area contributed by atoms with Crippen LogP contribution in [-0.2, 0) is 23.9 Å². The zero-order chi connectivity index (χ0) is 17.9. The molecule has 0 spiro atoms. The first-order valence-corrected chi connectivity index (χ1v) is 8.21. The second-order valence-electron chi connectivity index (χ2n) is 6.02. The highest BCUT2D eigenvalue weighted by atomic mass is 16.5. The minimum Gasteiger partial charge on any atom is -0.459 e. The molecule has 0 radical (unpaired) electrons. The van der Waals surface area contributed by atoms with E-state index in [4.69, 9.17) is 9.47 Å². The number of carbonyl (C=O) groups excluding carboxylic acids is 3. The summed E-state index contributed by atoms with van der Waals surface area (Å²) in [6.45, 7) is 6.99. The van der Waals surface area contributed by atoms with E-state index in [1.807, 2.05) is 0 Å². The number of likely N-dealkylation sites (N-methyl/N-ethyl adjacent to an activating group) is 1. The first-order valence-electron chi connectivity index (χ1n) is 8.21. The molecule has 0 fully saturated rings. The topological polar surface area (TPSA) is 81.7 Å². The molecule has 2 rings (SSSR count). The van der Waals surface area contributed by atoms with Crippen molar-refractivity contribution in [1.29, 1.82) is 0 Å². The van der Waals surface area contributed by atoms with Crippen LogP contribution in [0.3, 0.4) is 0 Å². The average molecular weight is 333 g/mol. The number of allylic oxidation sites excluding steroid dienone is 5. The maximum absolute atomic E-state index is 12.5. The van der Waals surface area contributed by atoms with Crippen LogP contribution in [-0.4, -0.2) is 30.3 Å². The van der Waals surface area contributed by atoms with Gasteiger partial charge in [-0.15, -0.1) is 0 Å². The Hall–Kier alpha value is -2.37. The third kappa shape index (κ3) is 3.75. The fraction of sp³-hybridized carbons (Fsp3) is 0.500. The van der Waals surface area contributed by atoms with Crippen molar-refractivity contribution in [3.05, 3.63) is 34.3 Å². The fourth-order valence-electron chi connectivity index (χ4n) is 2.74. The van der Waals surface area contributed by atoms with Gasteiger partial charge in [-0.05, 0) is 45.3 Å². The Bertz CT molecular complexity index is 667. The van der Waals surface area contributed by atoms with Gasteiger partial charge in [0.2, 0.25) is 0 Å². The molecule has 24 heavy (non-hydrogen) atoms. The Morgan fingerprint density at radius 2 is 2.00 bits per heavy atom. The van der Waals surface area contributed by atoms with E-state index in [-0.39, 0.29) is 23.2 Å². The first-order chi connectivity index (χ1) is 11.3. The SMILES string of the molecule is CCNC(=O)C(C(=O)OC(C)C)=C1C=C(C(C)=O)OC2=C1CCC2. The highest BCUT2D eigenvalue weighted by Crippen LogP contribution is 2.39. The standard InChI is InChI=1S/C18H23NO5/c1-5-19-17(21)16(18(22)23-10(2)3)13-9-15(11(4)20)24-14-8-6-7-12(13)14/h9-10H,5-8H2,1-4H3,(H,19,21). The lowest BCUT2D eigenvalue weighted by Crippen LogP contribution is -2.31. The summed E-state index contributed by atoms with van der Waals surface area (Å²) in [6.07, 6.45) is 3.37. The molecule has 0 aromatic heterocycles. The molecule has 1 heterocycles. The molecule has 1 aliphatic carbocycles. The van der Waals surface area contributed by atoms with Gasteiger partial charge in [0.1, 0.15) is 11.3 Å². The van der Waals surface area contributed by atoms with Crippen molar-refractivity contribution in [2.24, 2.45) is 0 Å². The number of nitrogens with one attached hydrogen (secondary N) is 1. The number of esters is 1. The van der Waals surface area contributed by atoms with Gasteiger partial charge in [0.15, 0.2) is 11.5 Å². The van der Waals surface area contributed by atoms with Crippen LogP contribution in [0.4, 0.5) is 0 Å². The monoisotopic (exact) mass is 333 g/mol. The molecule has 1 amide bonds. The molecule has 0 aromatic carbocycles. The van der Waals surface area contributed by atoms with E-state index in [9.17, 15) is 14.4 Å². The zero-order valence-corrected chi connectivity index (χ0v) is 14.5. The minimum absolute atomic E-state index is 0.0676. The normalized spacial score (nSPS) is 18.6. The Balaban J connectivity index is 2.59. The van der Waals surface area contributed by atoms with Crippen molar-refractivity contribution in [3.8, 4) is 0 Å². The van der Waals surface area contributed by atoms with Crippen LogP contribution in [0, 0.1) is 0 Å². The molecule has 0 aromatic rings. The van der Waals surface area contributed by atoms with Crippen LogP contribution < -0.4 is 5.32 Å². The molecule has 1 N–H and O–H groups in total. The van der Waals surface area contributed by atoms with Gasteiger partial charge in [0, 0.05) is 25.5 Å². The molecule has 1 aliphatic heterocycles. The molecule has 0 saturated heterocycles. The number of ketones is 1. The Kier molecular flexibility index (Phi) is 5.59. The third-order valence-electron chi connectivity index (χ3n) is 3.73. The predicted molar refractivity (Wildman–Crippen MR) is 87.7 cm³/mol. The van der Waals surface area contributed by atoms with E-state index in [0.29, 0.717) is 30.7 Å². The number of hydrogen-bond donors (Lipinski definition) is 1. The molecule has 6 nitrogen and oxygen atoms in total. The maximum Gasteiger partial charge on any atom is 0.344 e. The summed E-state index contributed by atoms with van der Waals surface area (Å²) in [6, 6.07) is 0. The van der Waals surface area contributed by atoms with Gasteiger partial charge < -0.3 is 14.8 Å². The maximum atomic E-state index is 12.5. The van der Waals surface area contributed by atoms with E-state index in [1.165, 1.54) is 13.0 Å². The predicted octanol–water partition coefficient (Wildman–Crippen LogP) is 2.31. The highest BCUT2D eigenvalue weighted by Gasteiger charge is 2.33. The van der Waals surface area contributed by atoms with E-state index in [2.05, 4.69) is 5.32 Å². The first kappa shape index (κ1) is 18.0. The van der Waals surface area contributed by atoms with Crippen LogP contribution in [0.5, 0.6) is 0 Å². The Morgan fingerprint density at radius 1 is 1.29 bits per heavy atom. The second-order valence-corrected chi connectivity index (χ2v) is 6.02. The van der Waals surface area contributed by atoms with Crippen LogP contribution in [0.1, 0.15) is 47.0 Å². The van der Waals surface area contributed by atoms with Crippen molar-refractivity contribution in [2.75, 3.05) is 6.54 Å². The molecular formula is C18H23NO5. The van der Waals surface area contributed by atoms with E-state index in [0.717, 1.165) is 12.0 Å². The molecule has 130 valence electrons. The number of Topliss-reactive ketones (excluding diaryl/α,β-unsaturated/α-hetero) is 1. The Labute approximate surface area is 141 Å². The quantitative estimate of drug-likeness (QED) is 0.361. The van der Waals surface area contributed by atoms with Gasteiger partial charge in [-0.25, -0.2) is 4.79 Å². The van der Waals surface area contributed by atoms with Crippen LogP contribution >= 0.6 is 0 Å². The molecule has 6 heteroatoms. The third-order valence-corrected chi connectivity index (χ3v) is 3.73. The summed E-state index contributed by atoms with van der Waals surface area (Å²) < 4.78 is 10.9. The highest BCUT2D eigenvalue weighted by molar-refractivity contribution is 6.18. The summed E-state index contributed by atoms with van der Waals surface area (Å²) in [5.74, 6) is -0.635. The number of hydrogen-bond acceptors (Lipinski definition) is 5. The number of ether oxygens (including phenoxy) is 2. The number of rotatable bonds is 5. The summed E-state index contributed by atoms with van der Waals surface area (Å²) in [5.41, 5.74) is 1.18. The lowest BCUT2D eigenvalue weighted by Gasteiger charge is -2.21. The second kappa shape index (κ2) is 7.47. The van der Waals surface area contributed by atoms with Crippen molar-refractivity contribution < 1.29 is 23.9 Å². The van der Waals surface area contributed by atoms with E-state index in [1.54, 1.807) is 20.8 Å². The molecule has 0 saturated carbocycles. The van der Waals surface area contributed by atoms with Gasteiger partial charge >= 0.3 is 5.97 Å². The minimum atomic E-state index is -0.689. The van der Waals surface area contributed by atoms with Crippen molar-refractivity contribution in [1.82, 2.24) is 5.32 Å². The van der Waals surface area contributed by atoms with Gasteiger partial charge in [-0.1, -0.05) is 0 Å². The van der Waals surface area contributed by atoms with E-state index >= 15 is 0 Å². The van der Waals surface area contributed by atoms with Gasteiger partial charge in [-0.3, -0.25) is 9.59 Å². The fourth-order valence-corrected chi connectivity index (χ4v) is 2.74. The van der Waals surface area contributed by atoms with Gasteiger partial charge in [-0.2, -0.15) is 0 Å². The molecule has 2 aliphatic rings. The molecule has 0 bridgehead atoms. The Morgan fingerprint density at radius 3 is 2.58 bits per heavy atom. The summed E-state index contributed by atoms with van der Waals surface area (Å²) in [4.78, 5) is 36.7. The van der Waals surface area contributed by atoms with Crippen molar-refractivity contribution in [2.45, 2.75) is 53.1 Å². The number of amides is 1. The van der Waals surface area contributed by atoms with Gasteiger partial charge in [0.05, 0.1) is 6.10 Å². The summed E-state index contributed by atoms with van der Waals surface area (Å²) in [5, 5.41) is 2.65. The van der Waals surface area contributed by atoms with Crippen molar-refractivity contribution >= 4 is 17.7 Å². The van der Waals surface area contributed by atoms with Gasteiger partial charge in [0.25, 0.3) is 5.91 Å². The molecular weight excluding hydrogens is 310 g/mol. The van der Waals surface area contributed by atoms with Crippen LogP contribution in [0.25, 0.3) is 0 Å². The smallest absolute Gasteiger partial charge is 0.344 e. The van der Waals surface area contributed by atoms with Crippen LogP contribution in [0.2, 0.25) is 0 Å². The van der Waals surface area contributed by atoms with Crippen molar-refractivity contribution in [3.63, 3.8) is 0 Å². The average Bonchev–Trinajstić information content (AvgIpc) is 2.95. The lowest BCUT2D eigenvalue weighted by atomic mass is 9.95. The summed E-state index contributed by atoms with van der Waals surface area (Å²) >= 11 is 0. The largest absolute Gasteiger partial charge is 0.459 e. The van der Waals surface area contributed by atoms with Crippen LogP contribution in [0.15, 0.2) is 34.3 Å². The number of carbonyl (C=O) groups is 3.